The van der Waals surface area contributed by atoms with Crippen LogP contribution < -0.4 is 0 Å². The van der Waals surface area contributed by atoms with Crippen molar-refractivity contribution in [2.24, 2.45) is 0 Å². The van der Waals surface area contributed by atoms with Crippen molar-refractivity contribution in [1.82, 2.24) is 0 Å². The molecule has 0 heterocycles. The SMILES string of the molecule is CCCCCCCC/C=C\CCCCCCCC(=O)OCC.O=S(=O)(O)O. The van der Waals surface area contributed by atoms with Gasteiger partial charge in [-0.1, -0.05) is 70.4 Å². The van der Waals surface area contributed by atoms with E-state index in [0.29, 0.717) is 13.0 Å². The van der Waals surface area contributed by atoms with E-state index in [2.05, 4.69) is 19.1 Å². The van der Waals surface area contributed by atoms with Gasteiger partial charge in [-0.3, -0.25) is 13.9 Å². The summed E-state index contributed by atoms with van der Waals surface area (Å²) in [5.74, 6) is -0.0415. The Morgan fingerprint density at radius 3 is 1.63 bits per heavy atom. The molecule has 0 atom stereocenters. The van der Waals surface area contributed by atoms with Crippen LogP contribution in [-0.4, -0.2) is 30.1 Å². The number of rotatable bonds is 16. The third-order valence-corrected chi connectivity index (χ3v) is 3.95. The van der Waals surface area contributed by atoms with E-state index in [1.165, 1.54) is 70.6 Å². The molecule has 0 aromatic carbocycles. The summed E-state index contributed by atoms with van der Waals surface area (Å²) in [6.45, 7) is 4.63. The van der Waals surface area contributed by atoms with Crippen LogP contribution in [0.15, 0.2) is 12.2 Å². The lowest BCUT2D eigenvalue weighted by molar-refractivity contribution is -0.143. The van der Waals surface area contributed by atoms with Crippen molar-refractivity contribution in [2.75, 3.05) is 6.61 Å². The quantitative estimate of drug-likeness (QED) is 0.142. The first kappa shape index (κ1) is 28.3. The molecule has 27 heavy (non-hydrogen) atoms. The highest BCUT2D eigenvalue weighted by Crippen LogP contribution is 2.10. The normalized spacial score (nSPS) is 11.3. The molecular formula is C20H40O6S. The second-order valence-electron chi connectivity index (χ2n) is 6.59. The molecule has 162 valence electrons. The number of esters is 1. The van der Waals surface area contributed by atoms with Gasteiger partial charge >= 0.3 is 16.4 Å². The molecule has 0 aromatic rings. The smallest absolute Gasteiger partial charge is 0.394 e. The zero-order valence-corrected chi connectivity index (χ0v) is 18.0. The van der Waals surface area contributed by atoms with Crippen LogP contribution in [0.5, 0.6) is 0 Å². The monoisotopic (exact) mass is 408 g/mol. The number of unbranched alkanes of at least 4 members (excludes halogenated alkanes) is 11. The molecular weight excluding hydrogens is 368 g/mol. The fraction of sp³-hybridized carbons (Fsp3) is 0.850. The lowest BCUT2D eigenvalue weighted by Crippen LogP contribution is -2.03. The van der Waals surface area contributed by atoms with Gasteiger partial charge in [-0.15, -0.1) is 0 Å². The molecule has 2 N–H and O–H groups in total. The van der Waals surface area contributed by atoms with Crippen molar-refractivity contribution in [1.29, 1.82) is 0 Å². The molecule has 0 aromatic heterocycles. The summed E-state index contributed by atoms with van der Waals surface area (Å²) in [6, 6.07) is 0. The number of allylic oxidation sites excluding steroid dienone is 2. The topological polar surface area (TPSA) is 101 Å². The standard InChI is InChI=1S/C20H38O2.H2O4S/c1-3-5-6-7-8-9-10-11-12-13-14-15-16-17-18-19-20(21)22-4-2;1-5(2,3)4/h11-12H,3-10,13-19H2,1-2H3;(H2,1,2,3,4)/b12-11-;. The molecule has 0 aliphatic carbocycles. The molecule has 7 heteroatoms. The van der Waals surface area contributed by atoms with Gasteiger partial charge in [0.2, 0.25) is 0 Å². The summed E-state index contributed by atoms with van der Waals surface area (Å²) >= 11 is 0. The molecule has 0 unspecified atom stereocenters. The van der Waals surface area contributed by atoms with E-state index in [0.717, 1.165) is 12.8 Å². The van der Waals surface area contributed by atoms with Gasteiger partial charge in [-0.05, 0) is 39.0 Å². The highest BCUT2D eigenvalue weighted by atomic mass is 32.3. The van der Waals surface area contributed by atoms with E-state index >= 15 is 0 Å². The zero-order valence-electron chi connectivity index (χ0n) is 17.2. The van der Waals surface area contributed by atoms with Crippen LogP contribution in [0.1, 0.15) is 104 Å². The third-order valence-electron chi connectivity index (χ3n) is 3.95. The summed E-state index contributed by atoms with van der Waals surface area (Å²) < 4.78 is 36.5. The highest BCUT2D eigenvalue weighted by molar-refractivity contribution is 7.79. The Morgan fingerprint density at radius 2 is 1.19 bits per heavy atom. The largest absolute Gasteiger partial charge is 0.466 e. The number of ether oxygens (including phenoxy) is 1. The molecule has 0 saturated heterocycles. The average Bonchev–Trinajstić information content (AvgIpc) is 2.57. The minimum Gasteiger partial charge on any atom is -0.466 e. The molecule has 0 radical (unpaired) electrons. The van der Waals surface area contributed by atoms with Crippen molar-refractivity contribution in [3.63, 3.8) is 0 Å². The summed E-state index contributed by atoms with van der Waals surface area (Å²) in [4.78, 5) is 11.1. The minimum atomic E-state index is -4.67. The Hall–Kier alpha value is -0.920. The summed E-state index contributed by atoms with van der Waals surface area (Å²) in [5.41, 5.74) is 0. The van der Waals surface area contributed by atoms with Crippen LogP contribution in [0.3, 0.4) is 0 Å². The van der Waals surface area contributed by atoms with E-state index in [1.807, 2.05) is 6.92 Å². The number of hydrogen-bond acceptors (Lipinski definition) is 4. The lowest BCUT2D eigenvalue weighted by Gasteiger charge is -2.01. The Balaban J connectivity index is 0. The Kier molecular flexibility index (Phi) is 22.4. The summed E-state index contributed by atoms with van der Waals surface area (Å²) in [5, 5.41) is 0. The van der Waals surface area contributed by atoms with E-state index in [9.17, 15) is 4.79 Å². The van der Waals surface area contributed by atoms with Crippen molar-refractivity contribution in [2.45, 2.75) is 104 Å². The molecule has 6 nitrogen and oxygen atoms in total. The van der Waals surface area contributed by atoms with Gasteiger partial charge in [-0.25, -0.2) is 0 Å². The Labute approximate surface area is 166 Å². The first-order valence-electron chi connectivity index (χ1n) is 10.3. The first-order valence-corrected chi connectivity index (χ1v) is 11.7. The fourth-order valence-electron chi connectivity index (χ4n) is 2.57. The van der Waals surface area contributed by atoms with Gasteiger partial charge in [-0.2, -0.15) is 8.42 Å². The predicted molar refractivity (Wildman–Crippen MR) is 110 cm³/mol. The number of carbonyl (C=O) groups is 1. The van der Waals surface area contributed by atoms with Crippen LogP contribution in [0.25, 0.3) is 0 Å². The minimum absolute atomic E-state index is 0.0415. The fourth-order valence-corrected chi connectivity index (χ4v) is 2.57. The van der Waals surface area contributed by atoms with Gasteiger partial charge in [0.15, 0.2) is 0 Å². The molecule has 0 aliphatic rings. The molecule has 0 amide bonds. The maximum atomic E-state index is 11.1. The zero-order chi connectivity index (χ0) is 20.8. The second-order valence-corrected chi connectivity index (χ2v) is 7.48. The molecule has 0 aliphatic heterocycles. The second kappa shape index (κ2) is 21.4. The number of carbonyl (C=O) groups excluding carboxylic acids is 1. The van der Waals surface area contributed by atoms with Crippen LogP contribution in [0, 0.1) is 0 Å². The molecule has 0 bridgehead atoms. The van der Waals surface area contributed by atoms with Crippen molar-refractivity contribution in [3.05, 3.63) is 12.2 Å². The molecule has 0 fully saturated rings. The predicted octanol–water partition coefficient (Wildman–Crippen LogP) is 5.93. The lowest BCUT2D eigenvalue weighted by atomic mass is 10.1. The maximum Gasteiger partial charge on any atom is 0.394 e. The van der Waals surface area contributed by atoms with Gasteiger partial charge in [0.25, 0.3) is 0 Å². The molecule has 0 saturated carbocycles. The van der Waals surface area contributed by atoms with Crippen molar-refractivity contribution >= 4 is 16.4 Å². The van der Waals surface area contributed by atoms with Crippen LogP contribution in [-0.2, 0) is 19.9 Å². The summed E-state index contributed by atoms with van der Waals surface area (Å²) in [7, 11) is -4.67. The van der Waals surface area contributed by atoms with Crippen LogP contribution >= 0.6 is 0 Å². The van der Waals surface area contributed by atoms with E-state index in [4.69, 9.17) is 22.3 Å². The van der Waals surface area contributed by atoms with Gasteiger partial charge in [0.05, 0.1) is 6.61 Å². The van der Waals surface area contributed by atoms with Crippen LogP contribution in [0.2, 0.25) is 0 Å². The average molecular weight is 409 g/mol. The van der Waals surface area contributed by atoms with Gasteiger partial charge in [0, 0.05) is 6.42 Å². The Morgan fingerprint density at radius 1 is 0.778 bits per heavy atom. The van der Waals surface area contributed by atoms with Crippen molar-refractivity contribution < 1.29 is 27.1 Å². The Bertz CT molecular complexity index is 437. The molecule has 0 rings (SSSR count). The van der Waals surface area contributed by atoms with Gasteiger partial charge < -0.3 is 4.74 Å². The maximum absolute atomic E-state index is 11.1. The van der Waals surface area contributed by atoms with E-state index in [1.54, 1.807) is 0 Å². The van der Waals surface area contributed by atoms with Crippen LogP contribution in [0.4, 0.5) is 0 Å². The van der Waals surface area contributed by atoms with Gasteiger partial charge in [0.1, 0.15) is 0 Å². The number of hydrogen-bond donors (Lipinski definition) is 2. The van der Waals surface area contributed by atoms with Crippen molar-refractivity contribution in [3.8, 4) is 0 Å². The van der Waals surface area contributed by atoms with E-state index in [-0.39, 0.29) is 5.97 Å². The first-order chi connectivity index (χ1) is 12.8. The highest BCUT2D eigenvalue weighted by Gasteiger charge is 2.00. The molecule has 0 spiro atoms. The van der Waals surface area contributed by atoms with E-state index < -0.39 is 10.4 Å². The summed E-state index contributed by atoms with van der Waals surface area (Å²) in [6.07, 6.45) is 22.0. The third kappa shape index (κ3) is 36.7.